The summed E-state index contributed by atoms with van der Waals surface area (Å²) in [5.74, 6) is 1.51. The topological polar surface area (TPSA) is 49.0 Å². The third kappa shape index (κ3) is 4.38. The minimum Gasteiger partial charge on any atom is -0.468 e. The molecule has 2 rings (SSSR count). The molecule has 0 aliphatic heterocycles. The van der Waals surface area contributed by atoms with Crippen LogP contribution in [0.15, 0.2) is 44.7 Å². The highest BCUT2D eigenvalue weighted by Crippen LogP contribution is 2.33. The second-order valence-corrected chi connectivity index (χ2v) is 6.49. The second-order valence-electron chi connectivity index (χ2n) is 5.41. The maximum atomic E-state index is 9.35. The van der Waals surface area contributed by atoms with E-state index in [-0.39, 0.29) is 0 Å². The summed E-state index contributed by atoms with van der Waals surface area (Å²) in [6.45, 7) is 8.06. The lowest BCUT2D eigenvalue weighted by molar-refractivity contribution is 0.527. The third-order valence-electron chi connectivity index (χ3n) is 3.08. The van der Waals surface area contributed by atoms with Crippen molar-refractivity contribution >= 4 is 11.8 Å². The van der Waals surface area contributed by atoms with Gasteiger partial charge in [0.2, 0.25) is 0 Å². The Balaban J connectivity index is 2.10. The van der Waals surface area contributed by atoms with E-state index in [1.54, 1.807) is 18.0 Å². The molecule has 0 amide bonds. The number of hydrogen-bond acceptors (Lipinski definition) is 4. The van der Waals surface area contributed by atoms with E-state index in [1.165, 1.54) is 0 Å². The van der Waals surface area contributed by atoms with Crippen molar-refractivity contribution in [1.82, 2.24) is 5.32 Å². The normalized spacial score (nSPS) is 10.8. The van der Waals surface area contributed by atoms with Crippen LogP contribution < -0.4 is 5.32 Å². The maximum Gasteiger partial charge on any atom is 0.114 e. The highest BCUT2D eigenvalue weighted by atomic mass is 32.2. The lowest BCUT2D eigenvalue weighted by Gasteiger charge is -2.09. The molecule has 0 atom stereocenters. The lowest BCUT2D eigenvalue weighted by atomic mass is 10.1. The van der Waals surface area contributed by atoms with Gasteiger partial charge >= 0.3 is 0 Å². The molecular weight excluding hydrogens is 280 g/mol. The third-order valence-corrected chi connectivity index (χ3v) is 4.30. The second kappa shape index (κ2) is 7.35. The van der Waals surface area contributed by atoms with E-state index in [2.05, 4.69) is 31.3 Å². The van der Waals surface area contributed by atoms with E-state index in [4.69, 9.17) is 4.42 Å². The first kappa shape index (κ1) is 15.7. The molecule has 0 unspecified atom stereocenters. The zero-order chi connectivity index (χ0) is 15.2. The number of nitrogens with zero attached hydrogens (tertiary/aromatic N) is 1. The molecule has 110 valence electrons. The van der Waals surface area contributed by atoms with Gasteiger partial charge in [0.05, 0.1) is 16.7 Å². The maximum absolute atomic E-state index is 9.35. The molecule has 0 aliphatic rings. The summed E-state index contributed by atoms with van der Waals surface area (Å²) in [6, 6.07) is 10.3. The molecule has 0 saturated carbocycles. The van der Waals surface area contributed by atoms with Gasteiger partial charge in [-0.25, -0.2) is 0 Å². The van der Waals surface area contributed by atoms with Gasteiger partial charge in [-0.05, 0) is 43.1 Å². The van der Waals surface area contributed by atoms with Gasteiger partial charge in [0, 0.05) is 11.4 Å². The quantitative estimate of drug-likeness (QED) is 0.861. The van der Waals surface area contributed by atoms with Crippen LogP contribution in [0.1, 0.15) is 30.7 Å². The fraction of sp³-hybridized carbons (Fsp3) is 0.353. The number of nitriles is 1. The van der Waals surface area contributed by atoms with Crippen LogP contribution in [0.2, 0.25) is 0 Å². The first-order chi connectivity index (χ1) is 10.1. The van der Waals surface area contributed by atoms with Crippen LogP contribution in [0.4, 0.5) is 0 Å². The van der Waals surface area contributed by atoms with Crippen molar-refractivity contribution in [1.29, 1.82) is 5.26 Å². The molecule has 1 heterocycles. The summed E-state index contributed by atoms with van der Waals surface area (Å²) in [6.07, 6.45) is 1.67. The molecule has 3 nitrogen and oxygen atoms in total. The van der Waals surface area contributed by atoms with Gasteiger partial charge < -0.3 is 9.73 Å². The van der Waals surface area contributed by atoms with Crippen molar-refractivity contribution in [2.45, 2.75) is 37.1 Å². The summed E-state index contributed by atoms with van der Waals surface area (Å²) in [5, 5.41) is 12.7. The molecule has 0 fully saturated rings. The number of nitrogens with one attached hydrogen (secondary N) is 1. The molecule has 4 heteroatoms. The standard InChI is InChI=1S/C17H20N2OS/c1-12(2)10-19-11-14-4-5-17(15(8-14)9-18)21-16-6-7-20-13(16)3/h4-8,12,19H,10-11H2,1-3H3. The highest BCUT2D eigenvalue weighted by molar-refractivity contribution is 7.99. The summed E-state index contributed by atoms with van der Waals surface area (Å²) in [5.41, 5.74) is 1.85. The fourth-order valence-electron chi connectivity index (χ4n) is 1.97. The van der Waals surface area contributed by atoms with Gasteiger partial charge in [0.25, 0.3) is 0 Å². The Kier molecular flexibility index (Phi) is 5.49. The summed E-state index contributed by atoms with van der Waals surface area (Å²) in [7, 11) is 0. The number of rotatable bonds is 6. The van der Waals surface area contributed by atoms with E-state index >= 15 is 0 Å². The summed E-state index contributed by atoms with van der Waals surface area (Å²) >= 11 is 1.57. The first-order valence-electron chi connectivity index (χ1n) is 7.06. The molecule has 0 aliphatic carbocycles. The Hall–Kier alpha value is -1.70. The zero-order valence-electron chi connectivity index (χ0n) is 12.6. The van der Waals surface area contributed by atoms with Gasteiger partial charge in [-0.3, -0.25) is 0 Å². The SMILES string of the molecule is Cc1occc1Sc1ccc(CNCC(C)C)cc1C#N. The van der Waals surface area contributed by atoms with Crippen LogP contribution in [0, 0.1) is 24.2 Å². The number of hydrogen-bond donors (Lipinski definition) is 1. The Morgan fingerprint density at radius 3 is 2.71 bits per heavy atom. The minimum absolute atomic E-state index is 0.624. The number of furan rings is 1. The van der Waals surface area contributed by atoms with Gasteiger partial charge in [-0.2, -0.15) is 5.26 Å². The molecule has 0 spiro atoms. The van der Waals surface area contributed by atoms with E-state index in [1.807, 2.05) is 25.1 Å². The summed E-state index contributed by atoms with van der Waals surface area (Å²) in [4.78, 5) is 2.02. The molecule has 0 bridgehead atoms. The van der Waals surface area contributed by atoms with Gasteiger partial charge in [-0.15, -0.1) is 0 Å². The first-order valence-corrected chi connectivity index (χ1v) is 7.87. The molecule has 21 heavy (non-hydrogen) atoms. The van der Waals surface area contributed by atoms with Crippen molar-refractivity contribution < 1.29 is 4.42 Å². The fourth-order valence-corrected chi connectivity index (χ4v) is 2.87. The van der Waals surface area contributed by atoms with Crippen molar-refractivity contribution in [3.05, 3.63) is 47.4 Å². The Bertz CT molecular complexity index is 640. The van der Waals surface area contributed by atoms with Crippen LogP contribution in [-0.4, -0.2) is 6.54 Å². The van der Waals surface area contributed by atoms with Crippen molar-refractivity contribution in [2.75, 3.05) is 6.54 Å². The zero-order valence-corrected chi connectivity index (χ0v) is 13.5. The molecule has 1 aromatic heterocycles. The van der Waals surface area contributed by atoms with Crippen LogP contribution in [0.3, 0.4) is 0 Å². The monoisotopic (exact) mass is 300 g/mol. The average Bonchev–Trinajstić information content (AvgIpc) is 2.85. The average molecular weight is 300 g/mol. The van der Waals surface area contributed by atoms with E-state index in [0.717, 1.165) is 34.2 Å². The van der Waals surface area contributed by atoms with E-state index in [0.29, 0.717) is 11.5 Å². The molecule has 0 radical (unpaired) electrons. The van der Waals surface area contributed by atoms with Gasteiger partial charge in [0.15, 0.2) is 0 Å². The Morgan fingerprint density at radius 2 is 2.10 bits per heavy atom. The van der Waals surface area contributed by atoms with Crippen molar-refractivity contribution in [3.63, 3.8) is 0 Å². The molecule has 1 aromatic carbocycles. The molecule has 0 saturated heterocycles. The van der Waals surface area contributed by atoms with Crippen molar-refractivity contribution in [3.8, 4) is 6.07 Å². The number of aryl methyl sites for hydroxylation is 1. The van der Waals surface area contributed by atoms with Gasteiger partial charge in [-0.1, -0.05) is 31.7 Å². The lowest BCUT2D eigenvalue weighted by Crippen LogP contribution is -2.18. The smallest absolute Gasteiger partial charge is 0.114 e. The molecular formula is C17H20N2OS. The Labute approximate surface area is 130 Å². The predicted octanol–water partition coefficient (Wildman–Crippen LogP) is 4.36. The molecule has 1 N–H and O–H groups in total. The number of benzene rings is 1. The van der Waals surface area contributed by atoms with E-state index in [9.17, 15) is 5.26 Å². The van der Waals surface area contributed by atoms with Crippen LogP contribution in [0.5, 0.6) is 0 Å². The summed E-state index contributed by atoms with van der Waals surface area (Å²) < 4.78 is 5.30. The van der Waals surface area contributed by atoms with Crippen LogP contribution in [0.25, 0.3) is 0 Å². The largest absolute Gasteiger partial charge is 0.468 e. The predicted molar refractivity (Wildman–Crippen MR) is 85.3 cm³/mol. The highest BCUT2D eigenvalue weighted by Gasteiger charge is 2.09. The van der Waals surface area contributed by atoms with Crippen LogP contribution in [-0.2, 0) is 6.54 Å². The Morgan fingerprint density at radius 1 is 1.29 bits per heavy atom. The van der Waals surface area contributed by atoms with Crippen LogP contribution >= 0.6 is 11.8 Å². The molecule has 2 aromatic rings. The van der Waals surface area contributed by atoms with E-state index < -0.39 is 0 Å². The van der Waals surface area contributed by atoms with Crippen molar-refractivity contribution in [2.24, 2.45) is 5.92 Å². The minimum atomic E-state index is 0.624. The van der Waals surface area contributed by atoms with Gasteiger partial charge in [0.1, 0.15) is 11.8 Å².